The van der Waals surface area contributed by atoms with E-state index in [2.05, 4.69) is 5.32 Å². The first-order valence-electron chi connectivity index (χ1n) is 7.40. The number of halogens is 1. The van der Waals surface area contributed by atoms with Crippen LogP contribution in [0.15, 0.2) is 41.0 Å². The van der Waals surface area contributed by atoms with E-state index >= 15 is 0 Å². The molecule has 0 spiro atoms. The van der Waals surface area contributed by atoms with Gasteiger partial charge in [0.25, 0.3) is 11.6 Å². The third-order valence-electron chi connectivity index (χ3n) is 4.12. The van der Waals surface area contributed by atoms with Crippen LogP contribution in [0, 0.1) is 16.0 Å². The number of carbonyl (C=O) groups is 1. The zero-order chi connectivity index (χ0) is 17.3. The molecule has 1 unspecified atom stereocenters. The first kappa shape index (κ1) is 16.5. The molecule has 1 aliphatic carbocycles. The zero-order valence-electron chi connectivity index (χ0n) is 12.6. The average molecular weight is 351 g/mol. The quantitative estimate of drug-likeness (QED) is 0.615. The van der Waals surface area contributed by atoms with Gasteiger partial charge in [-0.25, -0.2) is 0 Å². The molecule has 1 heterocycles. The van der Waals surface area contributed by atoms with E-state index in [1.807, 2.05) is 0 Å². The van der Waals surface area contributed by atoms with Crippen molar-refractivity contribution in [1.29, 1.82) is 0 Å². The summed E-state index contributed by atoms with van der Waals surface area (Å²) < 4.78 is 5.30. The van der Waals surface area contributed by atoms with Crippen molar-refractivity contribution >= 4 is 23.2 Å². The molecule has 1 aromatic carbocycles. The van der Waals surface area contributed by atoms with E-state index in [9.17, 15) is 20.0 Å². The van der Waals surface area contributed by atoms with Gasteiger partial charge in [-0.3, -0.25) is 14.9 Å². The standard InChI is InChI=1S/C16H15ClN2O5/c17-12-6-3-10(8-13(12)19(22)23)15(20)18-9-16(21,11-4-5-11)14-2-1-7-24-14/h1-3,6-8,11,21H,4-5,9H2,(H,18,20). The Hall–Kier alpha value is -2.38. The van der Waals surface area contributed by atoms with Crippen LogP contribution in [0.2, 0.25) is 5.02 Å². The van der Waals surface area contributed by atoms with E-state index in [-0.39, 0.29) is 28.7 Å². The monoisotopic (exact) mass is 350 g/mol. The molecular weight excluding hydrogens is 336 g/mol. The molecule has 0 saturated heterocycles. The number of hydrogen-bond donors (Lipinski definition) is 2. The van der Waals surface area contributed by atoms with Gasteiger partial charge in [0.15, 0.2) is 0 Å². The summed E-state index contributed by atoms with van der Waals surface area (Å²) in [6.45, 7) is -0.0412. The highest BCUT2D eigenvalue weighted by molar-refractivity contribution is 6.32. The molecule has 1 atom stereocenters. The third kappa shape index (κ3) is 3.13. The van der Waals surface area contributed by atoms with Crippen molar-refractivity contribution in [3.63, 3.8) is 0 Å². The molecule has 1 aromatic heterocycles. The summed E-state index contributed by atoms with van der Waals surface area (Å²) in [6.07, 6.45) is 3.16. The molecule has 7 nitrogen and oxygen atoms in total. The zero-order valence-corrected chi connectivity index (χ0v) is 13.3. The molecule has 24 heavy (non-hydrogen) atoms. The minimum Gasteiger partial charge on any atom is -0.466 e. The van der Waals surface area contributed by atoms with Gasteiger partial charge < -0.3 is 14.8 Å². The minimum atomic E-state index is -1.28. The Kier molecular flexibility index (Phi) is 4.29. The molecule has 8 heteroatoms. The number of carbonyl (C=O) groups excluding carboxylic acids is 1. The van der Waals surface area contributed by atoms with E-state index < -0.39 is 16.4 Å². The van der Waals surface area contributed by atoms with Crippen molar-refractivity contribution < 1.29 is 19.2 Å². The first-order valence-corrected chi connectivity index (χ1v) is 7.78. The van der Waals surface area contributed by atoms with Gasteiger partial charge in [-0.05, 0) is 43.0 Å². The van der Waals surface area contributed by atoms with Gasteiger partial charge >= 0.3 is 0 Å². The number of benzene rings is 1. The van der Waals surface area contributed by atoms with Crippen LogP contribution in [0.4, 0.5) is 5.69 Å². The Morgan fingerprint density at radius 2 is 2.21 bits per heavy atom. The van der Waals surface area contributed by atoms with E-state index in [4.69, 9.17) is 16.0 Å². The highest BCUT2D eigenvalue weighted by Crippen LogP contribution is 2.45. The smallest absolute Gasteiger partial charge is 0.288 e. The lowest BCUT2D eigenvalue weighted by Crippen LogP contribution is -2.42. The maximum absolute atomic E-state index is 12.3. The van der Waals surface area contributed by atoms with Gasteiger partial charge in [-0.15, -0.1) is 0 Å². The second-order valence-corrected chi connectivity index (χ2v) is 6.19. The highest BCUT2D eigenvalue weighted by Gasteiger charge is 2.47. The fourth-order valence-corrected chi connectivity index (χ4v) is 2.82. The highest BCUT2D eigenvalue weighted by atomic mass is 35.5. The Morgan fingerprint density at radius 3 is 2.79 bits per heavy atom. The van der Waals surface area contributed by atoms with Crippen molar-refractivity contribution in [1.82, 2.24) is 5.32 Å². The summed E-state index contributed by atoms with van der Waals surface area (Å²) in [4.78, 5) is 22.5. The fourth-order valence-electron chi connectivity index (χ4n) is 2.63. The number of nitrogens with one attached hydrogen (secondary N) is 1. The van der Waals surface area contributed by atoms with Crippen molar-refractivity contribution in [3.05, 3.63) is 63.1 Å². The van der Waals surface area contributed by atoms with Gasteiger partial charge in [0.1, 0.15) is 16.4 Å². The Bertz CT molecular complexity index is 773. The lowest BCUT2D eigenvalue weighted by atomic mass is 9.94. The molecule has 1 fully saturated rings. The molecule has 0 radical (unpaired) electrons. The van der Waals surface area contributed by atoms with Crippen molar-refractivity contribution in [2.75, 3.05) is 6.54 Å². The number of nitrogens with zero attached hydrogens (tertiary/aromatic N) is 1. The number of nitro groups is 1. The molecular formula is C16H15ClN2O5. The average Bonchev–Trinajstić information content (AvgIpc) is 3.27. The predicted octanol–water partition coefficient (Wildman–Crippen LogP) is 2.87. The van der Waals surface area contributed by atoms with Crippen LogP contribution in [0.5, 0.6) is 0 Å². The second-order valence-electron chi connectivity index (χ2n) is 5.78. The molecule has 2 aromatic rings. The van der Waals surface area contributed by atoms with Crippen LogP contribution in [0.3, 0.4) is 0 Å². The van der Waals surface area contributed by atoms with Gasteiger partial charge in [-0.2, -0.15) is 0 Å². The number of amides is 1. The second kappa shape index (κ2) is 6.26. The van der Waals surface area contributed by atoms with Crippen LogP contribution in [-0.2, 0) is 5.60 Å². The number of rotatable bonds is 6. The van der Waals surface area contributed by atoms with Crippen LogP contribution in [0.25, 0.3) is 0 Å². The van der Waals surface area contributed by atoms with Crippen LogP contribution < -0.4 is 5.32 Å². The maximum Gasteiger partial charge on any atom is 0.288 e. The lowest BCUT2D eigenvalue weighted by molar-refractivity contribution is -0.384. The van der Waals surface area contributed by atoms with E-state index in [0.29, 0.717) is 5.76 Å². The normalized spacial score (nSPS) is 16.4. The molecule has 1 amide bonds. The Balaban J connectivity index is 1.75. The largest absolute Gasteiger partial charge is 0.466 e. The number of hydrogen-bond acceptors (Lipinski definition) is 5. The maximum atomic E-state index is 12.3. The van der Waals surface area contributed by atoms with Gasteiger partial charge in [0, 0.05) is 11.6 Å². The Labute approximate surface area is 142 Å². The van der Waals surface area contributed by atoms with Crippen molar-refractivity contribution in [2.45, 2.75) is 18.4 Å². The predicted molar refractivity (Wildman–Crippen MR) is 85.8 cm³/mol. The summed E-state index contributed by atoms with van der Waals surface area (Å²) in [5, 5.41) is 24.3. The molecule has 3 rings (SSSR count). The summed E-state index contributed by atoms with van der Waals surface area (Å²) in [6, 6.07) is 7.15. The van der Waals surface area contributed by atoms with Gasteiger partial charge in [0.2, 0.25) is 0 Å². The van der Waals surface area contributed by atoms with Crippen LogP contribution in [0.1, 0.15) is 29.0 Å². The van der Waals surface area contributed by atoms with Crippen LogP contribution >= 0.6 is 11.6 Å². The van der Waals surface area contributed by atoms with Gasteiger partial charge in [-0.1, -0.05) is 11.6 Å². The molecule has 126 valence electrons. The van der Waals surface area contributed by atoms with E-state index in [0.717, 1.165) is 18.9 Å². The van der Waals surface area contributed by atoms with E-state index in [1.54, 1.807) is 12.1 Å². The first-order chi connectivity index (χ1) is 11.4. The molecule has 1 aliphatic rings. The number of furan rings is 1. The number of nitro benzene ring substituents is 1. The minimum absolute atomic E-state index is 0.0171. The molecule has 0 bridgehead atoms. The Morgan fingerprint density at radius 1 is 1.46 bits per heavy atom. The van der Waals surface area contributed by atoms with Crippen molar-refractivity contribution in [3.8, 4) is 0 Å². The SMILES string of the molecule is O=C(NCC(O)(c1ccco1)C1CC1)c1ccc(Cl)c([N+](=O)[O-])c1. The summed E-state index contributed by atoms with van der Waals surface area (Å²) in [7, 11) is 0. The van der Waals surface area contributed by atoms with E-state index in [1.165, 1.54) is 18.4 Å². The van der Waals surface area contributed by atoms with Crippen LogP contribution in [-0.4, -0.2) is 22.5 Å². The summed E-state index contributed by atoms with van der Waals surface area (Å²) in [5.41, 5.74) is -1.52. The van der Waals surface area contributed by atoms with Gasteiger partial charge in [0.05, 0.1) is 17.7 Å². The fraction of sp³-hybridized carbons (Fsp3) is 0.312. The third-order valence-corrected chi connectivity index (χ3v) is 4.44. The topological polar surface area (TPSA) is 106 Å². The van der Waals surface area contributed by atoms with Crippen molar-refractivity contribution in [2.24, 2.45) is 5.92 Å². The lowest BCUT2D eigenvalue weighted by Gasteiger charge is -2.26. The number of aliphatic hydroxyl groups is 1. The molecule has 2 N–H and O–H groups in total. The summed E-state index contributed by atoms with van der Waals surface area (Å²) >= 11 is 5.74. The summed E-state index contributed by atoms with van der Waals surface area (Å²) in [5.74, 6) is -0.115. The molecule has 0 aliphatic heterocycles. The molecule has 1 saturated carbocycles.